The lowest BCUT2D eigenvalue weighted by molar-refractivity contribution is 0.0600. The van der Waals surface area contributed by atoms with Crippen LogP contribution in [0.3, 0.4) is 0 Å². The minimum absolute atomic E-state index is 0.00431. The van der Waals surface area contributed by atoms with Crippen molar-refractivity contribution in [1.29, 1.82) is 0 Å². The highest BCUT2D eigenvalue weighted by molar-refractivity contribution is 7.92. The zero-order chi connectivity index (χ0) is 17.2. The molecule has 5 nitrogen and oxygen atoms in total. The molecule has 2 aromatic rings. The van der Waals surface area contributed by atoms with Crippen LogP contribution >= 0.6 is 0 Å². The summed E-state index contributed by atoms with van der Waals surface area (Å²) < 4.78 is 45.1. The topological polar surface area (TPSA) is 72.5 Å². The molecule has 122 valence electrons. The van der Waals surface area contributed by atoms with Gasteiger partial charge in [0.2, 0.25) is 0 Å². The van der Waals surface area contributed by atoms with Gasteiger partial charge < -0.3 is 4.74 Å². The number of benzene rings is 2. The van der Waals surface area contributed by atoms with Gasteiger partial charge >= 0.3 is 5.97 Å². The van der Waals surface area contributed by atoms with Crippen molar-refractivity contribution in [3.8, 4) is 0 Å². The Kier molecular flexibility index (Phi) is 4.70. The van der Waals surface area contributed by atoms with E-state index < -0.39 is 21.8 Å². The van der Waals surface area contributed by atoms with Gasteiger partial charge in [0.25, 0.3) is 10.0 Å². The molecule has 0 aliphatic rings. The Hall–Kier alpha value is -2.41. The fourth-order valence-corrected chi connectivity index (χ4v) is 3.50. The fraction of sp³-hybridized carbons (Fsp3) is 0.188. The van der Waals surface area contributed by atoms with Crippen LogP contribution in [0.1, 0.15) is 21.5 Å². The molecule has 2 rings (SSSR count). The van der Waals surface area contributed by atoms with Gasteiger partial charge in [-0.2, -0.15) is 0 Å². The number of esters is 1. The number of hydrogen-bond donors (Lipinski definition) is 1. The summed E-state index contributed by atoms with van der Waals surface area (Å²) >= 11 is 0. The lowest BCUT2D eigenvalue weighted by Gasteiger charge is -2.13. The van der Waals surface area contributed by atoms with Gasteiger partial charge in [0, 0.05) is 0 Å². The van der Waals surface area contributed by atoms with Gasteiger partial charge in [-0.05, 0) is 61.4 Å². The number of anilines is 1. The molecule has 0 saturated carbocycles. The molecular formula is C16H16FNO4S. The lowest BCUT2D eigenvalue weighted by Crippen LogP contribution is -2.15. The molecule has 0 saturated heterocycles. The third-order valence-corrected chi connectivity index (χ3v) is 4.84. The van der Waals surface area contributed by atoms with E-state index in [2.05, 4.69) is 9.46 Å². The lowest BCUT2D eigenvalue weighted by atomic mass is 10.1. The molecule has 2 aromatic carbocycles. The van der Waals surface area contributed by atoms with Crippen molar-refractivity contribution in [3.63, 3.8) is 0 Å². The first-order valence-electron chi connectivity index (χ1n) is 6.72. The highest BCUT2D eigenvalue weighted by Crippen LogP contribution is 2.23. The average molecular weight is 337 g/mol. The number of carbonyl (C=O) groups is 1. The molecule has 0 radical (unpaired) electrons. The van der Waals surface area contributed by atoms with Crippen LogP contribution in [-0.4, -0.2) is 21.5 Å². The summed E-state index contributed by atoms with van der Waals surface area (Å²) in [6.45, 7) is 3.19. The Balaban J connectivity index is 2.36. The first-order chi connectivity index (χ1) is 10.7. The smallest absolute Gasteiger partial charge is 0.337 e. The van der Waals surface area contributed by atoms with Crippen molar-refractivity contribution in [3.05, 3.63) is 58.9 Å². The molecule has 0 bridgehead atoms. The van der Waals surface area contributed by atoms with Crippen molar-refractivity contribution in [2.45, 2.75) is 18.7 Å². The largest absolute Gasteiger partial charge is 0.465 e. The summed E-state index contributed by atoms with van der Waals surface area (Å²) in [5, 5.41) is 0. The molecule has 0 aromatic heterocycles. The van der Waals surface area contributed by atoms with Crippen molar-refractivity contribution in [2.24, 2.45) is 0 Å². The van der Waals surface area contributed by atoms with E-state index in [1.165, 1.54) is 38.3 Å². The third kappa shape index (κ3) is 3.68. The second kappa shape index (κ2) is 6.37. The number of ether oxygens (including phenoxy) is 1. The molecular weight excluding hydrogens is 321 g/mol. The summed E-state index contributed by atoms with van der Waals surface area (Å²) in [6, 6.07) is 7.94. The summed E-state index contributed by atoms with van der Waals surface area (Å²) in [6.07, 6.45) is 0. The van der Waals surface area contributed by atoms with Gasteiger partial charge in [-0.15, -0.1) is 0 Å². The van der Waals surface area contributed by atoms with E-state index >= 15 is 0 Å². The van der Waals surface area contributed by atoms with Crippen LogP contribution in [0.4, 0.5) is 10.1 Å². The van der Waals surface area contributed by atoms with Crippen LogP contribution in [-0.2, 0) is 14.8 Å². The van der Waals surface area contributed by atoms with Crippen molar-refractivity contribution >= 4 is 21.7 Å². The Morgan fingerprint density at radius 3 is 2.35 bits per heavy atom. The Morgan fingerprint density at radius 2 is 1.78 bits per heavy atom. The number of methoxy groups -OCH3 is 1. The molecule has 0 aliphatic carbocycles. The SMILES string of the molecule is COC(=O)c1ccc(NS(=O)(=O)c2ccc(F)cc2C)c(C)c1. The molecule has 0 atom stereocenters. The molecule has 0 fully saturated rings. The van der Waals surface area contributed by atoms with E-state index in [0.29, 0.717) is 22.4 Å². The van der Waals surface area contributed by atoms with Crippen LogP contribution in [0.15, 0.2) is 41.3 Å². The Labute approximate surface area is 134 Å². The van der Waals surface area contributed by atoms with E-state index in [0.717, 1.165) is 12.1 Å². The maximum absolute atomic E-state index is 13.1. The number of hydrogen-bond acceptors (Lipinski definition) is 4. The average Bonchev–Trinajstić information content (AvgIpc) is 2.47. The highest BCUT2D eigenvalue weighted by Gasteiger charge is 2.18. The normalized spacial score (nSPS) is 11.1. The van der Waals surface area contributed by atoms with E-state index in [1.54, 1.807) is 6.92 Å². The van der Waals surface area contributed by atoms with E-state index in [4.69, 9.17) is 0 Å². The number of rotatable bonds is 4. The van der Waals surface area contributed by atoms with Gasteiger partial charge in [0.1, 0.15) is 5.82 Å². The van der Waals surface area contributed by atoms with Crippen LogP contribution in [0.2, 0.25) is 0 Å². The molecule has 7 heteroatoms. The van der Waals surface area contributed by atoms with Gasteiger partial charge in [-0.25, -0.2) is 17.6 Å². The number of carbonyl (C=O) groups excluding carboxylic acids is 1. The van der Waals surface area contributed by atoms with Crippen LogP contribution < -0.4 is 4.72 Å². The predicted octanol–water partition coefficient (Wildman–Crippen LogP) is 3.03. The standard InChI is InChI=1S/C16H16FNO4S/c1-10-8-12(16(19)22-3)4-6-14(10)18-23(20,21)15-7-5-13(17)9-11(15)2/h4-9,18H,1-3H3. The maximum atomic E-state index is 13.1. The maximum Gasteiger partial charge on any atom is 0.337 e. The first-order valence-corrected chi connectivity index (χ1v) is 8.21. The van der Waals surface area contributed by atoms with Crippen molar-refractivity contribution < 1.29 is 22.3 Å². The molecule has 0 spiro atoms. The number of sulfonamides is 1. The zero-order valence-electron chi connectivity index (χ0n) is 12.9. The van der Waals surface area contributed by atoms with Crippen LogP contribution in [0.25, 0.3) is 0 Å². The second-order valence-corrected chi connectivity index (χ2v) is 6.69. The minimum Gasteiger partial charge on any atom is -0.465 e. The molecule has 0 aliphatic heterocycles. The molecule has 0 unspecified atom stereocenters. The summed E-state index contributed by atoms with van der Waals surface area (Å²) in [5.74, 6) is -1.00. The summed E-state index contributed by atoms with van der Waals surface area (Å²) in [5.41, 5.74) is 1.53. The van der Waals surface area contributed by atoms with Gasteiger partial charge in [0.05, 0.1) is 23.3 Å². The van der Waals surface area contributed by atoms with Crippen LogP contribution in [0.5, 0.6) is 0 Å². The zero-order valence-corrected chi connectivity index (χ0v) is 13.7. The van der Waals surface area contributed by atoms with Gasteiger partial charge in [-0.1, -0.05) is 0 Å². The Morgan fingerprint density at radius 1 is 1.09 bits per heavy atom. The summed E-state index contributed by atoms with van der Waals surface area (Å²) in [7, 11) is -2.59. The first kappa shape index (κ1) is 17.0. The van der Waals surface area contributed by atoms with Crippen molar-refractivity contribution in [1.82, 2.24) is 0 Å². The van der Waals surface area contributed by atoms with E-state index in [-0.39, 0.29) is 4.90 Å². The number of aryl methyl sites for hydroxylation is 2. The van der Waals surface area contributed by atoms with Crippen molar-refractivity contribution in [2.75, 3.05) is 11.8 Å². The minimum atomic E-state index is -3.85. The highest BCUT2D eigenvalue weighted by atomic mass is 32.2. The predicted molar refractivity (Wildman–Crippen MR) is 84.5 cm³/mol. The second-order valence-electron chi connectivity index (χ2n) is 5.04. The Bertz CT molecular complexity index is 862. The number of halogens is 1. The molecule has 0 amide bonds. The summed E-state index contributed by atoms with van der Waals surface area (Å²) in [4.78, 5) is 11.5. The molecule has 0 heterocycles. The monoisotopic (exact) mass is 337 g/mol. The van der Waals surface area contributed by atoms with Crippen LogP contribution in [0, 0.1) is 19.7 Å². The third-order valence-electron chi connectivity index (χ3n) is 3.32. The van der Waals surface area contributed by atoms with Gasteiger partial charge in [0.15, 0.2) is 0 Å². The quantitative estimate of drug-likeness (QED) is 0.871. The fourth-order valence-electron chi connectivity index (χ4n) is 2.14. The van der Waals surface area contributed by atoms with E-state index in [9.17, 15) is 17.6 Å². The van der Waals surface area contributed by atoms with E-state index in [1.807, 2.05) is 0 Å². The molecule has 23 heavy (non-hydrogen) atoms. The number of nitrogens with one attached hydrogen (secondary N) is 1. The molecule has 1 N–H and O–H groups in total. The van der Waals surface area contributed by atoms with Gasteiger partial charge in [-0.3, -0.25) is 4.72 Å².